The van der Waals surface area contributed by atoms with E-state index in [0.29, 0.717) is 0 Å². The molecule has 0 saturated heterocycles. The number of thiophene rings is 1. The quantitative estimate of drug-likeness (QED) is 0.176. The van der Waals surface area contributed by atoms with E-state index in [1.165, 1.54) is 25.6 Å². The fourth-order valence-electron chi connectivity index (χ4n) is 8.50. The molecule has 0 aliphatic carbocycles. The van der Waals surface area contributed by atoms with Gasteiger partial charge in [-0.15, -0.1) is 11.3 Å². The minimum absolute atomic E-state index is 0.886. The van der Waals surface area contributed by atoms with Crippen molar-refractivity contribution in [1.29, 1.82) is 0 Å². The van der Waals surface area contributed by atoms with Gasteiger partial charge in [0.05, 0.1) is 26.9 Å². The number of hydrogen-bond acceptors (Lipinski definition) is 4. The van der Waals surface area contributed by atoms with Gasteiger partial charge in [0.25, 0.3) is 0 Å². The lowest BCUT2D eigenvalue weighted by molar-refractivity contribution is 0.669. The summed E-state index contributed by atoms with van der Waals surface area (Å²) >= 11 is 1.82. The minimum atomic E-state index is 0.886. The lowest BCUT2D eigenvalue weighted by Gasteiger charge is -2.14. The van der Waals surface area contributed by atoms with Crippen LogP contribution in [-0.4, -0.2) is 14.5 Å². The molecule has 0 aliphatic rings. The molecule has 12 aromatic rings. The molecule has 8 aromatic carbocycles. The first kappa shape index (κ1) is 32.0. The van der Waals surface area contributed by atoms with Crippen LogP contribution >= 0.6 is 11.3 Å². The smallest absolute Gasteiger partial charge is 0.145 e. The highest BCUT2D eigenvalue weighted by atomic mass is 32.1. The number of para-hydroxylation sites is 4. The van der Waals surface area contributed by atoms with E-state index in [1.54, 1.807) is 0 Å². The maximum Gasteiger partial charge on any atom is 0.145 e. The highest BCUT2D eigenvalue weighted by Crippen LogP contribution is 2.44. The first-order valence-electron chi connectivity index (χ1n) is 19.1. The van der Waals surface area contributed by atoms with Gasteiger partial charge in [-0.05, 0) is 95.1 Å². The molecule has 0 aliphatic heterocycles. The van der Waals surface area contributed by atoms with Crippen molar-refractivity contribution in [2.24, 2.45) is 0 Å². The number of furan rings is 1. The van der Waals surface area contributed by atoms with Crippen molar-refractivity contribution >= 4 is 75.4 Å². The maximum atomic E-state index is 6.24. The van der Waals surface area contributed by atoms with Crippen LogP contribution < -0.4 is 0 Å². The van der Waals surface area contributed by atoms with Crippen molar-refractivity contribution in [3.05, 3.63) is 188 Å². The van der Waals surface area contributed by atoms with Crippen molar-refractivity contribution in [2.75, 3.05) is 0 Å². The second kappa shape index (κ2) is 12.6. The van der Waals surface area contributed by atoms with E-state index in [0.717, 1.165) is 89.1 Å². The van der Waals surface area contributed by atoms with E-state index in [1.807, 2.05) is 35.6 Å². The van der Waals surface area contributed by atoms with Crippen molar-refractivity contribution in [3.63, 3.8) is 0 Å². The Morgan fingerprint density at radius 3 is 1.93 bits per heavy atom. The average Bonchev–Trinajstić information content (AvgIpc) is 3.98. The molecule has 12 rings (SSSR count). The van der Waals surface area contributed by atoms with E-state index in [2.05, 4.69) is 168 Å². The van der Waals surface area contributed by atoms with Gasteiger partial charge in [-0.3, -0.25) is 4.57 Å². The Labute approximate surface area is 331 Å². The Morgan fingerprint density at radius 2 is 1.07 bits per heavy atom. The van der Waals surface area contributed by atoms with Gasteiger partial charge in [-0.25, -0.2) is 9.97 Å². The number of benzene rings is 8. The van der Waals surface area contributed by atoms with Crippen LogP contribution in [-0.2, 0) is 0 Å². The van der Waals surface area contributed by atoms with Crippen molar-refractivity contribution in [2.45, 2.75) is 0 Å². The van der Waals surface area contributed by atoms with Crippen molar-refractivity contribution in [3.8, 4) is 50.6 Å². The fraction of sp³-hybridized carbons (Fsp3) is 0. The standard InChI is InChI=1S/C52H31N3OS/c1-2-12-33(13-3-1)52-54-44-18-8-9-19-45(44)55(52)38-25-22-32(23-26-38)35-28-36(34-24-27-47-42(31-34)39-14-5-10-20-46(39)56-47)30-37(29-35)50-51-49(40-15-4-7-17-43(40)53-50)41-16-6-11-21-48(41)57-51/h1-31H. The number of rotatable bonds is 5. The Balaban J connectivity index is 1.07. The first-order valence-corrected chi connectivity index (χ1v) is 20.0. The maximum absolute atomic E-state index is 6.24. The third-order valence-corrected chi connectivity index (χ3v) is 12.4. The van der Waals surface area contributed by atoms with Gasteiger partial charge in [-0.2, -0.15) is 0 Å². The lowest BCUT2D eigenvalue weighted by atomic mass is 9.93. The summed E-state index contributed by atoms with van der Waals surface area (Å²) in [6.07, 6.45) is 0. The highest BCUT2D eigenvalue weighted by molar-refractivity contribution is 7.26. The summed E-state index contributed by atoms with van der Waals surface area (Å²) in [4.78, 5) is 10.5. The SMILES string of the molecule is c1ccc(-c2nc3ccccc3n2-c2ccc(-c3cc(-c4ccc5oc6ccccc6c5c4)cc(-c4nc5ccccc5c5c4sc4ccccc45)c3)cc2)cc1. The topological polar surface area (TPSA) is 43.9 Å². The predicted octanol–water partition coefficient (Wildman–Crippen LogP) is 14.5. The van der Waals surface area contributed by atoms with Crippen LogP contribution in [0.1, 0.15) is 0 Å². The van der Waals surface area contributed by atoms with Crippen molar-refractivity contribution < 1.29 is 4.42 Å². The molecular weight excluding hydrogens is 715 g/mol. The minimum Gasteiger partial charge on any atom is -0.456 e. The van der Waals surface area contributed by atoms with Crippen LogP contribution in [0.3, 0.4) is 0 Å². The summed E-state index contributed by atoms with van der Waals surface area (Å²) in [6.45, 7) is 0. The predicted molar refractivity (Wildman–Crippen MR) is 238 cm³/mol. The van der Waals surface area contributed by atoms with Crippen LogP contribution in [0.2, 0.25) is 0 Å². The molecule has 0 amide bonds. The van der Waals surface area contributed by atoms with Gasteiger partial charge < -0.3 is 4.42 Å². The zero-order valence-electron chi connectivity index (χ0n) is 30.6. The van der Waals surface area contributed by atoms with E-state index in [4.69, 9.17) is 14.4 Å². The van der Waals surface area contributed by atoms with Gasteiger partial charge in [0.15, 0.2) is 0 Å². The third kappa shape index (κ3) is 5.13. The monoisotopic (exact) mass is 745 g/mol. The van der Waals surface area contributed by atoms with E-state index in [9.17, 15) is 0 Å². The lowest BCUT2D eigenvalue weighted by Crippen LogP contribution is -1.97. The second-order valence-electron chi connectivity index (χ2n) is 14.6. The molecule has 0 atom stereocenters. The molecular formula is C52H31N3OS. The zero-order valence-corrected chi connectivity index (χ0v) is 31.4. The molecule has 0 saturated carbocycles. The molecule has 0 fully saturated rings. The van der Waals surface area contributed by atoms with Crippen molar-refractivity contribution in [1.82, 2.24) is 14.5 Å². The molecule has 4 nitrogen and oxygen atoms in total. The number of aromatic nitrogens is 3. The number of imidazole rings is 1. The molecule has 0 bridgehead atoms. The van der Waals surface area contributed by atoms with Gasteiger partial charge in [0, 0.05) is 48.4 Å². The Kier molecular flexibility index (Phi) is 7.06. The first-order chi connectivity index (χ1) is 28.2. The normalized spacial score (nSPS) is 11.9. The summed E-state index contributed by atoms with van der Waals surface area (Å²) in [5.74, 6) is 0.922. The summed E-state index contributed by atoms with van der Waals surface area (Å²) in [6, 6.07) is 66.7. The number of pyridine rings is 1. The number of nitrogens with zero attached hydrogens (tertiary/aromatic N) is 3. The number of fused-ring (bicyclic) bond motifs is 9. The largest absolute Gasteiger partial charge is 0.456 e. The van der Waals surface area contributed by atoms with Gasteiger partial charge in [0.2, 0.25) is 0 Å². The Bertz CT molecular complexity index is 3520. The molecule has 0 N–H and O–H groups in total. The summed E-state index contributed by atoms with van der Waals surface area (Å²) in [5.41, 5.74) is 13.5. The van der Waals surface area contributed by atoms with Gasteiger partial charge in [0.1, 0.15) is 17.0 Å². The fourth-order valence-corrected chi connectivity index (χ4v) is 9.73. The number of hydrogen-bond donors (Lipinski definition) is 0. The summed E-state index contributed by atoms with van der Waals surface area (Å²) < 4.78 is 11.0. The summed E-state index contributed by atoms with van der Waals surface area (Å²) in [7, 11) is 0. The zero-order chi connectivity index (χ0) is 37.5. The van der Waals surface area contributed by atoms with E-state index in [-0.39, 0.29) is 0 Å². The van der Waals surface area contributed by atoms with Crippen LogP contribution in [0.15, 0.2) is 192 Å². The van der Waals surface area contributed by atoms with Crippen LogP contribution in [0.5, 0.6) is 0 Å². The molecule has 57 heavy (non-hydrogen) atoms. The third-order valence-electron chi connectivity index (χ3n) is 11.2. The Hall–Kier alpha value is -7.34. The Morgan fingerprint density at radius 1 is 0.421 bits per heavy atom. The molecule has 266 valence electrons. The second-order valence-corrected chi connectivity index (χ2v) is 15.6. The van der Waals surface area contributed by atoms with E-state index >= 15 is 0 Å². The molecule has 5 heteroatoms. The average molecular weight is 746 g/mol. The molecule has 4 heterocycles. The van der Waals surface area contributed by atoms with E-state index < -0.39 is 0 Å². The molecule has 4 aromatic heterocycles. The van der Waals surface area contributed by atoms with Crippen LogP contribution in [0.4, 0.5) is 0 Å². The van der Waals surface area contributed by atoms with Crippen LogP contribution in [0.25, 0.3) is 115 Å². The van der Waals surface area contributed by atoms with Gasteiger partial charge in [-0.1, -0.05) is 115 Å². The van der Waals surface area contributed by atoms with Gasteiger partial charge >= 0.3 is 0 Å². The molecule has 0 radical (unpaired) electrons. The molecule has 0 spiro atoms. The molecule has 0 unspecified atom stereocenters. The highest BCUT2D eigenvalue weighted by Gasteiger charge is 2.19. The summed E-state index contributed by atoms with van der Waals surface area (Å²) in [5, 5.41) is 5.94. The van der Waals surface area contributed by atoms with Crippen LogP contribution in [0, 0.1) is 0 Å².